The minimum atomic E-state index is -0.676. The molecule has 0 radical (unpaired) electrons. The molecule has 4 atom stereocenters. The summed E-state index contributed by atoms with van der Waals surface area (Å²) in [5, 5.41) is 27.6. The van der Waals surface area contributed by atoms with Crippen molar-refractivity contribution in [3.8, 4) is 0 Å². The molecule has 0 aromatic heterocycles. The van der Waals surface area contributed by atoms with Crippen LogP contribution in [0.5, 0.6) is 0 Å². The summed E-state index contributed by atoms with van der Waals surface area (Å²) in [7, 11) is 1.56. The first kappa shape index (κ1) is 10.9. The van der Waals surface area contributed by atoms with Gasteiger partial charge in [0.05, 0.1) is 24.9 Å². The van der Waals surface area contributed by atoms with Crippen LogP contribution in [0.2, 0.25) is 0 Å². The number of ether oxygens (including phenoxy) is 1. The van der Waals surface area contributed by atoms with Gasteiger partial charge in [0.15, 0.2) is 0 Å². The van der Waals surface area contributed by atoms with Crippen molar-refractivity contribution in [1.82, 2.24) is 0 Å². The summed E-state index contributed by atoms with van der Waals surface area (Å²) in [4.78, 5) is 0. The number of hydrogen-bond acceptors (Lipinski definition) is 4. The highest BCUT2D eigenvalue weighted by Gasteiger charge is 2.32. The van der Waals surface area contributed by atoms with Crippen molar-refractivity contribution < 1.29 is 20.1 Å². The average molecular weight is 190 g/mol. The fraction of sp³-hybridized carbons (Fsp3) is 1.00. The number of rotatable bonds is 3. The largest absolute Gasteiger partial charge is 0.394 e. The third-order valence-electron chi connectivity index (χ3n) is 2.83. The molecule has 1 fully saturated rings. The lowest BCUT2D eigenvalue weighted by Crippen LogP contribution is -2.40. The molecular formula is C9H18O4. The average Bonchev–Trinajstić information content (AvgIpc) is 2.17. The summed E-state index contributed by atoms with van der Waals surface area (Å²) in [5.74, 6) is 0.0540. The Hall–Kier alpha value is -0.160. The van der Waals surface area contributed by atoms with E-state index in [-0.39, 0.29) is 18.6 Å². The summed E-state index contributed by atoms with van der Waals surface area (Å²) in [6.07, 6.45) is 0.722. The zero-order chi connectivity index (χ0) is 9.84. The standard InChI is InChI=1S/C9H18O4/c1-13-9-4-6(8(12)5-10)2-3-7(9)11/h6-12H,2-5H2,1H3. The van der Waals surface area contributed by atoms with E-state index in [0.717, 1.165) is 6.42 Å². The quantitative estimate of drug-likeness (QED) is 0.562. The van der Waals surface area contributed by atoms with Gasteiger partial charge in [0.1, 0.15) is 0 Å². The van der Waals surface area contributed by atoms with E-state index in [9.17, 15) is 10.2 Å². The smallest absolute Gasteiger partial charge is 0.0833 e. The van der Waals surface area contributed by atoms with Crippen molar-refractivity contribution in [2.75, 3.05) is 13.7 Å². The maximum absolute atomic E-state index is 9.47. The lowest BCUT2D eigenvalue weighted by atomic mass is 9.82. The van der Waals surface area contributed by atoms with E-state index in [2.05, 4.69) is 0 Å². The van der Waals surface area contributed by atoms with Gasteiger partial charge in [-0.25, -0.2) is 0 Å². The minimum Gasteiger partial charge on any atom is -0.394 e. The highest BCUT2D eigenvalue weighted by atomic mass is 16.5. The molecule has 4 unspecified atom stereocenters. The van der Waals surface area contributed by atoms with Crippen molar-refractivity contribution >= 4 is 0 Å². The second kappa shape index (κ2) is 4.91. The van der Waals surface area contributed by atoms with Crippen molar-refractivity contribution in [3.05, 3.63) is 0 Å². The van der Waals surface area contributed by atoms with Crippen LogP contribution in [0, 0.1) is 5.92 Å². The molecule has 78 valence electrons. The Bertz CT molecular complexity index is 151. The van der Waals surface area contributed by atoms with E-state index in [1.807, 2.05) is 0 Å². The number of aliphatic hydroxyl groups excluding tert-OH is 3. The van der Waals surface area contributed by atoms with Gasteiger partial charge in [-0.05, 0) is 25.2 Å². The van der Waals surface area contributed by atoms with Crippen LogP contribution >= 0.6 is 0 Å². The van der Waals surface area contributed by atoms with E-state index < -0.39 is 12.2 Å². The highest BCUT2D eigenvalue weighted by molar-refractivity contribution is 4.83. The van der Waals surface area contributed by atoms with Crippen LogP contribution in [-0.4, -0.2) is 47.3 Å². The molecule has 0 heterocycles. The van der Waals surface area contributed by atoms with E-state index in [1.165, 1.54) is 0 Å². The molecule has 0 aromatic carbocycles. The molecule has 0 aromatic rings. The first-order valence-electron chi connectivity index (χ1n) is 4.68. The van der Waals surface area contributed by atoms with E-state index in [0.29, 0.717) is 12.8 Å². The molecule has 1 aliphatic carbocycles. The first-order chi connectivity index (χ1) is 6.19. The summed E-state index contributed by atoms with van der Waals surface area (Å²) in [6.45, 7) is -0.211. The Morgan fingerprint density at radius 2 is 2.15 bits per heavy atom. The molecule has 4 heteroatoms. The third kappa shape index (κ3) is 2.64. The fourth-order valence-electron chi connectivity index (χ4n) is 1.90. The van der Waals surface area contributed by atoms with Gasteiger partial charge in [-0.1, -0.05) is 0 Å². The molecule has 1 saturated carbocycles. The molecule has 3 N–H and O–H groups in total. The Labute approximate surface area is 78.1 Å². The van der Waals surface area contributed by atoms with Gasteiger partial charge in [-0.3, -0.25) is 0 Å². The minimum absolute atomic E-state index is 0.0540. The van der Waals surface area contributed by atoms with Crippen LogP contribution in [0.1, 0.15) is 19.3 Å². The third-order valence-corrected chi connectivity index (χ3v) is 2.83. The maximum Gasteiger partial charge on any atom is 0.0833 e. The van der Waals surface area contributed by atoms with Crippen LogP contribution in [-0.2, 0) is 4.74 Å². The summed E-state index contributed by atoms with van der Waals surface area (Å²) >= 11 is 0. The molecule has 13 heavy (non-hydrogen) atoms. The van der Waals surface area contributed by atoms with E-state index in [1.54, 1.807) is 7.11 Å². The maximum atomic E-state index is 9.47. The van der Waals surface area contributed by atoms with E-state index >= 15 is 0 Å². The molecule has 4 nitrogen and oxygen atoms in total. The summed E-state index contributed by atoms with van der Waals surface area (Å²) < 4.78 is 5.09. The van der Waals surface area contributed by atoms with Gasteiger partial charge in [0.25, 0.3) is 0 Å². The molecular weight excluding hydrogens is 172 g/mol. The van der Waals surface area contributed by atoms with E-state index in [4.69, 9.17) is 9.84 Å². The number of aliphatic hydroxyl groups is 3. The number of hydrogen-bond donors (Lipinski definition) is 3. The molecule has 1 aliphatic rings. The highest BCUT2D eigenvalue weighted by Crippen LogP contribution is 2.28. The predicted octanol–water partition coefficient (Wildman–Crippen LogP) is -0.484. The van der Waals surface area contributed by atoms with Crippen LogP contribution in [0.4, 0.5) is 0 Å². The Morgan fingerprint density at radius 1 is 1.46 bits per heavy atom. The van der Waals surface area contributed by atoms with Gasteiger partial charge in [-0.15, -0.1) is 0 Å². The van der Waals surface area contributed by atoms with Gasteiger partial charge in [0.2, 0.25) is 0 Å². The van der Waals surface area contributed by atoms with Crippen LogP contribution in [0.15, 0.2) is 0 Å². The Morgan fingerprint density at radius 3 is 2.69 bits per heavy atom. The molecule has 1 rings (SSSR count). The van der Waals surface area contributed by atoms with Gasteiger partial charge in [-0.2, -0.15) is 0 Å². The number of methoxy groups -OCH3 is 1. The molecule has 0 spiro atoms. The molecule has 0 saturated heterocycles. The molecule has 0 aliphatic heterocycles. The zero-order valence-corrected chi connectivity index (χ0v) is 7.89. The monoisotopic (exact) mass is 190 g/mol. The van der Waals surface area contributed by atoms with Gasteiger partial charge in [0, 0.05) is 7.11 Å². The normalized spacial score (nSPS) is 37.4. The van der Waals surface area contributed by atoms with Crippen molar-refractivity contribution in [3.63, 3.8) is 0 Å². The van der Waals surface area contributed by atoms with Crippen LogP contribution in [0.25, 0.3) is 0 Å². The second-order valence-corrected chi connectivity index (χ2v) is 3.66. The predicted molar refractivity (Wildman–Crippen MR) is 47.2 cm³/mol. The first-order valence-corrected chi connectivity index (χ1v) is 4.68. The fourth-order valence-corrected chi connectivity index (χ4v) is 1.90. The van der Waals surface area contributed by atoms with Crippen LogP contribution < -0.4 is 0 Å². The van der Waals surface area contributed by atoms with Crippen molar-refractivity contribution in [2.24, 2.45) is 5.92 Å². The summed E-state index contributed by atoms with van der Waals surface area (Å²) in [6, 6.07) is 0. The Kier molecular flexibility index (Phi) is 4.12. The lowest BCUT2D eigenvalue weighted by Gasteiger charge is -2.34. The summed E-state index contributed by atoms with van der Waals surface area (Å²) in [5.41, 5.74) is 0. The molecule has 0 amide bonds. The lowest BCUT2D eigenvalue weighted by molar-refractivity contribution is -0.0758. The zero-order valence-electron chi connectivity index (χ0n) is 7.89. The van der Waals surface area contributed by atoms with Crippen molar-refractivity contribution in [1.29, 1.82) is 0 Å². The molecule has 0 bridgehead atoms. The topological polar surface area (TPSA) is 69.9 Å². The second-order valence-electron chi connectivity index (χ2n) is 3.66. The van der Waals surface area contributed by atoms with Crippen molar-refractivity contribution in [2.45, 2.75) is 37.6 Å². The van der Waals surface area contributed by atoms with Gasteiger partial charge >= 0.3 is 0 Å². The van der Waals surface area contributed by atoms with Crippen LogP contribution in [0.3, 0.4) is 0 Å². The van der Waals surface area contributed by atoms with Gasteiger partial charge < -0.3 is 20.1 Å². The SMILES string of the molecule is COC1CC(C(O)CO)CCC1O. The Balaban J connectivity index is 2.44.